The van der Waals surface area contributed by atoms with Crippen LogP contribution in [0.25, 0.3) is 0 Å². The monoisotopic (exact) mass is 363 g/mol. The summed E-state index contributed by atoms with van der Waals surface area (Å²) in [7, 11) is -3.52. The second-order valence-electron chi connectivity index (χ2n) is 5.81. The first-order chi connectivity index (χ1) is 11.8. The molecule has 0 saturated heterocycles. The van der Waals surface area contributed by atoms with Gasteiger partial charge in [0.1, 0.15) is 17.5 Å². The van der Waals surface area contributed by atoms with Crippen LogP contribution in [0.1, 0.15) is 23.9 Å². The molecule has 3 N–H and O–H groups in total. The van der Waals surface area contributed by atoms with Gasteiger partial charge in [0.2, 0.25) is 10.0 Å². The Morgan fingerprint density at radius 1 is 0.960 bits per heavy atom. The average Bonchev–Trinajstić information content (AvgIpc) is 2.51. The van der Waals surface area contributed by atoms with Gasteiger partial charge in [-0.05, 0) is 39.3 Å². The van der Waals surface area contributed by atoms with Crippen LogP contribution in [0.4, 0.5) is 11.6 Å². The Bertz CT molecular complexity index is 837. The molecule has 0 saturated carbocycles. The van der Waals surface area contributed by atoms with Gasteiger partial charge in [-0.2, -0.15) is 0 Å². The second kappa shape index (κ2) is 8.26. The van der Waals surface area contributed by atoms with Crippen molar-refractivity contribution in [2.24, 2.45) is 0 Å². The van der Waals surface area contributed by atoms with E-state index in [0.717, 1.165) is 23.5 Å². The molecule has 0 fully saturated rings. The molecule has 0 aliphatic heterocycles. The van der Waals surface area contributed by atoms with Gasteiger partial charge in [-0.3, -0.25) is 0 Å². The fourth-order valence-corrected chi connectivity index (χ4v) is 3.74. The van der Waals surface area contributed by atoms with Gasteiger partial charge in [0.25, 0.3) is 0 Å². The third kappa shape index (κ3) is 5.40. The van der Waals surface area contributed by atoms with Crippen LogP contribution < -0.4 is 15.4 Å². The Kier molecular flexibility index (Phi) is 6.33. The first-order valence-corrected chi connectivity index (χ1v) is 9.70. The normalized spacial score (nSPS) is 11.4. The van der Waals surface area contributed by atoms with E-state index in [1.54, 1.807) is 25.1 Å². The fourth-order valence-electron chi connectivity index (χ4n) is 2.48. The molecular formula is C17H25N5O2S. The van der Waals surface area contributed by atoms with E-state index in [4.69, 9.17) is 0 Å². The Morgan fingerprint density at radius 2 is 1.64 bits per heavy atom. The lowest BCUT2D eigenvalue weighted by molar-refractivity contribution is 0.582. The van der Waals surface area contributed by atoms with Crippen LogP contribution in [-0.4, -0.2) is 38.0 Å². The molecule has 2 aromatic rings. The van der Waals surface area contributed by atoms with Crippen molar-refractivity contribution in [3.05, 3.63) is 41.2 Å². The Hall–Kier alpha value is -2.19. The maximum absolute atomic E-state index is 12.4. The van der Waals surface area contributed by atoms with E-state index in [2.05, 4.69) is 25.3 Å². The Morgan fingerprint density at radius 3 is 2.28 bits per heavy atom. The van der Waals surface area contributed by atoms with Crippen molar-refractivity contribution in [3.8, 4) is 0 Å². The van der Waals surface area contributed by atoms with Crippen molar-refractivity contribution in [3.63, 3.8) is 0 Å². The molecular weight excluding hydrogens is 338 g/mol. The summed E-state index contributed by atoms with van der Waals surface area (Å²) >= 11 is 0. The smallest absolute Gasteiger partial charge is 0.240 e. The summed E-state index contributed by atoms with van der Waals surface area (Å²) in [5.41, 5.74) is 1.77. The lowest BCUT2D eigenvalue weighted by atomic mass is 10.2. The number of nitrogens with zero attached hydrogens (tertiary/aromatic N) is 2. The number of aryl methyl sites for hydroxylation is 3. The third-order valence-corrected chi connectivity index (χ3v) is 5.16. The van der Waals surface area contributed by atoms with Gasteiger partial charge in [-0.15, -0.1) is 0 Å². The highest BCUT2D eigenvalue weighted by molar-refractivity contribution is 7.89. The SMILES string of the molecule is CCNc1cc(NCCNS(=O)(=O)c2ccc(C)cc2C)nc(C)n1. The number of nitrogens with one attached hydrogen (secondary N) is 3. The molecule has 0 spiro atoms. The number of benzene rings is 1. The van der Waals surface area contributed by atoms with Crippen LogP contribution in [-0.2, 0) is 10.0 Å². The summed E-state index contributed by atoms with van der Waals surface area (Å²) in [6.45, 7) is 8.99. The van der Waals surface area contributed by atoms with E-state index in [0.29, 0.717) is 23.1 Å². The molecule has 2 rings (SSSR count). The standard InChI is InChI=1S/C17H25N5O2S/c1-5-18-16-11-17(22-14(4)21-16)19-8-9-20-25(23,24)15-7-6-12(2)10-13(15)3/h6-7,10-11,20H,5,8-9H2,1-4H3,(H2,18,19,21,22). The molecule has 25 heavy (non-hydrogen) atoms. The molecule has 7 nitrogen and oxygen atoms in total. The van der Waals surface area contributed by atoms with Gasteiger partial charge < -0.3 is 10.6 Å². The summed E-state index contributed by atoms with van der Waals surface area (Å²) in [6, 6.07) is 7.09. The number of rotatable bonds is 8. The topological polar surface area (TPSA) is 96.0 Å². The maximum atomic E-state index is 12.4. The summed E-state index contributed by atoms with van der Waals surface area (Å²) in [6.07, 6.45) is 0. The number of aromatic nitrogens is 2. The Labute approximate surface area is 149 Å². The summed E-state index contributed by atoms with van der Waals surface area (Å²) < 4.78 is 27.4. The van der Waals surface area contributed by atoms with E-state index in [1.807, 2.05) is 26.8 Å². The van der Waals surface area contributed by atoms with Crippen LogP contribution in [0.3, 0.4) is 0 Å². The van der Waals surface area contributed by atoms with Crippen LogP contribution in [0.5, 0.6) is 0 Å². The first kappa shape index (κ1) is 19.1. The van der Waals surface area contributed by atoms with E-state index in [9.17, 15) is 8.42 Å². The highest BCUT2D eigenvalue weighted by Crippen LogP contribution is 2.16. The predicted octanol–water partition coefficient (Wildman–Crippen LogP) is 2.22. The van der Waals surface area contributed by atoms with Crippen molar-refractivity contribution in [1.29, 1.82) is 0 Å². The number of sulfonamides is 1. The zero-order valence-corrected chi connectivity index (χ0v) is 15.9. The molecule has 1 heterocycles. The van der Waals surface area contributed by atoms with Gasteiger partial charge in [-0.25, -0.2) is 23.1 Å². The summed E-state index contributed by atoms with van der Waals surface area (Å²) in [5.74, 6) is 2.05. The van der Waals surface area contributed by atoms with Gasteiger partial charge in [0.15, 0.2) is 0 Å². The molecule has 0 unspecified atom stereocenters. The zero-order chi connectivity index (χ0) is 18.4. The molecule has 136 valence electrons. The maximum Gasteiger partial charge on any atom is 0.240 e. The van der Waals surface area contributed by atoms with Gasteiger partial charge in [-0.1, -0.05) is 17.7 Å². The average molecular weight is 363 g/mol. The van der Waals surface area contributed by atoms with Gasteiger partial charge in [0.05, 0.1) is 4.90 Å². The Balaban J connectivity index is 1.94. The molecule has 0 atom stereocenters. The van der Waals surface area contributed by atoms with Crippen LogP contribution >= 0.6 is 0 Å². The predicted molar refractivity (Wildman–Crippen MR) is 101 cm³/mol. The number of anilines is 2. The molecule has 8 heteroatoms. The highest BCUT2D eigenvalue weighted by atomic mass is 32.2. The lowest BCUT2D eigenvalue weighted by Gasteiger charge is -2.11. The van der Waals surface area contributed by atoms with Crippen LogP contribution in [0, 0.1) is 20.8 Å². The summed E-state index contributed by atoms with van der Waals surface area (Å²) in [5, 5.41) is 6.25. The second-order valence-corrected chi connectivity index (χ2v) is 7.54. The minimum Gasteiger partial charge on any atom is -0.370 e. The van der Waals surface area contributed by atoms with Crippen molar-refractivity contribution in [2.45, 2.75) is 32.6 Å². The zero-order valence-electron chi connectivity index (χ0n) is 15.0. The fraction of sp³-hybridized carbons (Fsp3) is 0.412. The molecule has 1 aromatic heterocycles. The minimum atomic E-state index is -3.52. The van der Waals surface area contributed by atoms with E-state index in [1.165, 1.54) is 0 Å². The lowest BCUT2D eigenvalue weighted by Crippen LogP contribution is -2.29. The molecule has 0 aliphatic carbocycles. The van der Waals surface area contributed by atoms with Gasteiger partial charge >= 0.3 is 0 Å². The van der Waals surface area contributed by atoms with Gasteiger partial charge in [0, 0.05) is 25.7 Å². The quantitative estimate of drug-likeness (QED) is 0.623. The molecule has 0 bridgehead atoms. The molecule has 1 aromatic carbocycles. The van der Waals surface area contributed by atoms with Crippen LogP contribution in [0.2, 0.25) is 0 Å². The minimum absolute atomic E-state index is 0.259. The number of hydrogen-bond acceptors (Lipinski definition) is 6. The molecule has 0 aliphatic rings. The van der Waals surface area contributed by atoms with Crippen molar-refractivity contribution >= 4 is 21.7 Å². The van der Waals surface area contributed by atoms with E-state index < -0.39 is 10.0 Å². The number of hydrogen-bond donors (Lipinski definition) is 3. The largest absolute Gasteiger partial charge is 0.370 e. The first-order valence-electron chi connectivity index (χ1n) is 8.22. The molecule has 0 radical (unpaired) electrons. The van der Waals surface area contributed by atoms with E-state index >= 15 is 0 Å². The highest BCUT2D eigenvalue weighted by Gasteiger charge is 2.15. The van der Waals surface area contributed by atoms with E-state index in [-0.39, 0.29) is 6.54 Å². The van der Waals surface area contributed by atoms with Crippen molar-refractivity contribution in [2.75, 3.05) is 30.3 Å². The summed E-state index contributed by atoms with van der Waals surface area (Å²) in [4.78, 5) is 8.88. The van der Waals surface area contributed by atoms with Crippen molar-refractivity contribution in [1.82, 2.24) is 14.7 Å². The third-order valence-electron chi connectivity index (χ3n) is 3.54. The van der Waals surface area contributed by atoms with Crippen molar-refractivity contribution < 1.29 is 8.42 Å². The van der Waals surface area contributed by atoms with Crippen LogP contribution in [0.15, 0.2) is 29.2 Å². The molecule has 0 amide bonds.